The molecular weight excluding hydrogens is 438 g/mol. The molecule has 1 aliphatic heterocycles. The minimum atomic E-state index is 0.575. The van der Waals surface area contributed by atoms with Gasteiger partial charge in [0.2, 0.25) is 0 Å². The van der Waals surface area contributed by atoms with Crippen LogP contribution in [0.3, 0.4) is 0 Å². The highest BCUT2D eigenvalue weighted by atomic mass is 16.5. The van der Waals surface area contributed by atoms with Crippen molar-refractivity contribution in [1.82, 2.24) is 25.3 Å². The van der Waals surface area contributed by atoms with Crippen molar-refractivity contribution in [3.63, 3.8) is 0 Å². The minimum absolute atomic E-state index is 0.575. The molecule has 35 heavy (non-hydrogen) atoms. The summed E-state index contributed by atoms with van der Waals surface area (Å²) in [5.41, 5.74) is 5.10. The third-order valence-corrected chi connectivity index (χ3v) is 6.75. The first kappa shape index (κ1) is 21.7. The van der Waals surface area contributed by atoms with Crippen LogP contribution in [-0.4, -0.2) is 53.2 Å². The lowest BCUT2D eigenvalue weighted by Crippen LogP contribution is -2.44. The van der Waals surface area contributed by atoms with Crippen LogP contribution in [0.25, 0.3) is 22.3 Å². The van der Waals surface area contributed by atoms with E-state index < -0.39 is 0 Å². The maximum Gasteiger partial charge on any atom is 0.162 e. The first-order chi connectivity index (χ1) is 17.2. The number of rotatable bonds is 6. The summed E-state index contributed by atoms with van der Waals surface area (Å²) in [5, 5.41) is 7.99. The average molecular weight is 468 g/mol. The standard InChI is InChI=1S/C27H29N7O/c1-17-3-6-20(14-23(17)35-2)31-24-13-19(7-8-30-24)26-32-22-16-29-15-21(18-4-5-18)25(22)27(33-26)34-11-9-28-10-12-34/h3,6-8,13-16,18,28H,4-5,9-12H2,1-2H3,(H,30,31). The molecule has 4 aromatic rings. The summed E-state index contributed by atoms with van der Waals surface area (Å²) in [6, 6.07) is 9.98. The number of aromatic nitrogens is 4. The van der Waals surface area contributed by atoms with Gasteiger partial charge in [-0.15, -0.1) is 0 Å². The molecule has 0 spiro atoms. The Morgan fingerprint density at radius 1 is 1.06 bits per heavy atom. The monoisotopic (exact) mass is 467 g/mol. The predicted octanol–water partition coefficient (Wildman–Crippen LogP) is 4.43. The second kappa shape index (κ2) is 9.11. The van der Waals surface area contributed by atoms with Crippen molar-refractivity contribution in [3.05, 3.63) is 60.0 Å². The van der Waals surface area contributed by atoms with Gasteiger partial charge in [0.1, 0.15) is 17.4 Å². The molecule has 1 saturated carbocycles. The average Bonchev–Trinajstić information content (AvgIpc) is 3.75. The van der Waals surface area contributed by atoms with E-state index in [1.807, 2.05) is 49.6 Å². The number of hydrogen-bond donors (Lipinski definition) is 2. The molecular formula is C27H29N7O. The molecule has 6 rings (SSSR count). The number of anilines is 3. The third kappa shape index (κ3) is 4.37. The molecule has 1 saturated heterocycles. The maximum absolute atomic E-state index is 5.46. The molecule has 0 amide bonds. The van der Waals surface area contributed by atoms with Crippen molar-refractivity contribution in [2.45, 2.75) is 25.7 Å². The molecule has 0 atom stereocenters. The van der Waals surface area contributed by atoms with Crippen molar-refractivity contribution >= 4 is 28.2 Å². The fourth-order valence-corrected chi connectivity index (χ4v) is 4.71. The van der Waals surface area contributed by atoms with E-state index in [0.717, 1.165) is 71.3 Å². The molecule has 0 radical (unpaired) electrons. The smallest absolute Gasteiger partial charge is 0.162 e. The van der Waals surface area contributed by atoms with E-state index >= 15 is 0 Å². The number of nitrogens with one attached hydrogen (secondary N) is 2. The Bertz CT molecular complexity index is 1380. The van der Waals surface area contributed by atoms with Gasteiger partial charge >= 0.3 is 0 Å². The van der Waals surface area contributed by atoms with Gasteiger partial charge < -0.3 is 20.3 Å². The highest BCUT2D eigenvalue weighted by Crippen LogP contribution is 2.44. The Balaban J connectivity index is 1.41. The van der Waals surface area contributed by atoms with E-state index in [4.69, 9.17) is 14.7 Å². The van der Waals surface area contributed by atoms with Crippen LogP contribution < -0.4 is 20.3 Å². The Morgan fingerprint density at radius 2 is 1.91 bits per heavy atom. The molecule has 178 valence electrons. The summed E-state index contributed by atoms with van der Waals surface area (Å²) >= 11 is 0. The molecule has 1 aliphatic carbocycles. The Kier molecular flexibility index (Phi) is 5.66. The summed E-state index contributed by atoms with van der Waals surface area (Å²) in [4.78, 5) is 21.5. The molecule has 4 heterocycles. The van der Waals surface area contributed by atoms with Gasteiger partial charge in [-0.2, -0.15) is 0 Å². The van der Waals surface area contributed by atoms with E-state index in [1.54, 1.807) is 13.3 Å². The van der Waals surface area contributed by atoms with Gasteiger partial charge in [-0.05, 0) is 55.0 Å². The van der Waals surface area contributed by atoms with Crippen LogP contribution in [0.2, 0.25) is 0 Å². The zero-order valence-electron chi connectivity index (χ0n) is 20.1. The SMILES string of the molecule is COc1cc(Nc2cc(-c3nc(N4CCNCC4)c4c(C5CC5)cncc4n3)ccn2)ccc1C. The first-order valence-corrected chi connectivity index (χ1v) is 12.2. The number of aryl methyl sites for hydroxylation is 1. The quantitative estimate of drug-likeness (QED) is 0.431. The van der Waals surface area contributed by atoms with Gasteiger partial charge in [0.15, 0.2) is 5.82 Å². The van der Waals surface area contributed by atoms with E-state index in [9.17, 15) is 0 Å². The maximum atomic E-state index is 5.46. The van der Waals surface area contributed by atoms with Crippen molar-refractivity contribution in [2.75, 3.05) is 43.5 Å². The second-order valence-corrected chi connectivity index (χ2v) is 9.24. The largest absolute Gasteiger partial charge is 0.496 e. The number of pyridine rings is 2. The van der Waals surface area contributed by atoms with E-state index in [-0.39, 0.29) is 0 Å². The molecule has 0 bridgehead atoms. The van der Waals surface area contributed by atoms with Crippen LogP contribution in [0.4, 0.5) is 17.3 Å². The normalized spacial score (nSPS) is 15.9. The summed E-state index contributed by atoms with van der Waals surface area (Å²) in [6.07, 6.45) is 8.11. The van der Waals surface area contributed by atoms with Gasteiger partial charge in [-0.1, -0.05) is 6.07 Å². The van der Waals surface area contributed by atoms with Crippen LogP contribution in [0.1, 0.15) is 29.9 Å². The van der Waals surface area contributed by atoms with Gasteiger partial charge in [0, 0.05) is 61.3 Å². The number of fused-ring (bicyclic) bond motifs is 1. The van der Waals surface area contributed by atoms with Crippen LogP contribution >= 0.6 is 0 Å². The first-order valence-electron chi connectivity index (χ1n) is 12.2. The van der Waals surface area contributed by atoms with Gasteiger partial charge in [0.05, 0.1) is 18.8 Å². The van der Waals surface area contributed by atoms with E-state index in [1.165, 1.54) is 18.4 Å². The number of nitrogens with zero attached hydrogens (tertiary/aromatic N) is 5. The van der Waals surface area contributed by atoms with E-state index in [2.05, 4.69) is 25.5 Å². The number of hydrogen-bond acceptors (Lipinski definition) is 8. The topological polar surface area (TPSA) is 88.1 Å². The van der Waals surface area contributed by atoms with E-state index in [0.29, 0.717) is 11.7 Å². The minimum Gasteiger partial charge on any atom is -0.496 e. The molecule has 0 unspecified atom stereocenters. The highest BCUT2D eigenvalue weighted by Gasteiger charge is 2.29. The summed E-state index contributed by atoms with van der Waals surface area (Å²) in [5.74, 6) is 3.85. The van der Waals surface area contributed by atoms with Crippen molar-refractivity contribution in [1.29, 1.82) is 0 Å². The zero-order valence-corrected chi connectivity index (χ0v) is 20.1. The lowest BCUT2D eigenvalue weighted by molar-refractivity contribution is 0.412. The highest BCUT2D eigenvalue weighted by molar-refractivity contribution is 5.94. The molecule has 8 nitrogen and oxygen atoms in total. The second-order valence-electron chi connectivity index (χ2n) is 9.24. The van der Waals surface area contributed by atoms with Gasteiger partial charge in [0.25, 0.3) is 0 Å². The lowest BCUT2D eigenvalue weighted by atomic mass is 10.1. The van der Waals surface area contributed by atoms with Gasteiger partial charge in [-0.25, -0.2) is 15.0 Å². The molecule has 2 N–H and O–H groups in total. The number of methoxy groups -OCH3 is 1. The Hall–Kier alpha value is -3.78. The molecule has 8 heteroatoms. The Morgan fingerprint density at radius 3 is 2.71 bits per heavy atom. The molecule has 1 aromatic carbocycles. The summed E-state index contributed by atoms with van der Waals surface area (Å²) < 4.78 is 5.46. The predicted molar refractivity (Wildman–Crippen MR) is 139 cm³/mol. The fraction of sp³-hybridized carbons (Fsp3) is 0.333. The van der Waals surface area contributed by atoms with Crippen molar-refractivity contribution < 1.29 is 4.74 Å². The third-order valence-electron chi connectivity index (χ3n) is 6.75. The fourth-order valence-electron chi connectivity index (χ4n) is 4.71. The summed E-state index contributed by atoms with van der Waals surface area (Å²) in [6.45, 7) is 5.78. The van der Waals surface area contributed by atoms with Crippen LogP contribution in [0.15, 0.2) is 48.9 Å². The zero-order chi connectivity index (χ0) is 23.8. The van der Waals surface area contributed by atoms with Crippen molar-refractivity contribution in [2.24, 2.45) is 0 Å². The van der Waals surface area contributed by atoms with Crippen LogP contribution in [0.5, 0.6) is 5.75 Å². The molecule has 3 aromatic heterocycles. The molecule has 2 fully saturated rings. The van der Waals surface area contributed by atoms with Crippen molar-refractivity contribution in [3.8, 4) is 17.1 Å². The number of ether oxygens (including phenoxy) is 1. The lowest BCUT2D eigenvalue weighted by Gasteiger charge is -2.30. The van der Waals surface area contributed by atoms with Crippen LogP contribution in [0, 0.1) is 6.92 Å². The summed E-state index contributed by atoms with van der Waals surface area (Å²) in [7, 11) is 1.68. The van der Waals surface area contributed by atoms with Gasteiger partial charge in [-0.3, -0.25) is 4.98 Å². The Labute approximate surface area is 204 Å². The van der Waals surface area contributed by atoms with Crippen LogP contribution in [-0.2, 0) is 0 Å². The number of piperazine rings is 1. The number of benzene rings is 1. The molecule has 2 aliphatic rings.